The number of sulfonamides is 1. The van der Waals surface area contributed by atoms with Gasteiger partial charge in [-0.05, 0) is 32.7 Å². The summed E-state index contributed by atoms with van der Waals surface area (Å²) in [5.74, 6) is 2.27. The number of hydrogen-bond donors (Lipinski definition) is 0. The standard InChI is InChI=1S/C11H24N2O2S2/c1-4-8-17(14,15)13-6-5-7-16-10-11(13)9-12(2)3/h11H,4-10H2,1-3H3. The molecule has 1 saturated heterocycles. The molecular weight excluding hydrogens is 256 g/mol. The number of thioether (sulfide) groups is 1. The van der Waals surface area contributed by atoms with Gasteiger partial charge in [-0.3, -0.25) is 0 Å². The van der Waals surface area contributed by atoms with Crippen LogP contribution in [-0.2, 0) is 10.0 Å². The SMILES string of the molecule is CCCS(=O)(=O)N1CCCSCC1CN(C)C. The van der Waals surface area contributed by atoms with Crippen LogP contribution in [0.1, 0.15) is 19.8 Å². The first-order valence-electron chi connectivity index (χ1n) is 6.19. The van der Waals surface area contributed by atoms with E-state index in [9.17, 15) is 8.42 Å². The fourth-order valence-electron chi connectivity index (χ4n) is 2.11. The zero-order valence-corrected chi connectivity index (χ0v) is 12.7. The second-order valence-electron chi connectivity index (χ2n) is 4.77. The Hall–Kier alpha value is 0.220. The minimum atomic E-state index is -3.06. The van der Waals surface area contributed by atoms with Crippen molar-refractivity contribution in [2.45, 2.75) is 25.8 Å². The van der Waals surface area contributed by atoms with Crippen molar-refractivity contribution in [1.29, 1.82) is 0 Å². The maximum absolute atomic E-state index is 12.2. The number of nitrogens with zero attached hydrogens (tertiary/aromatic N) is 2. The van der Waals surface area contributed by atoms with Crippen molar-refractivity contribution < 1.29 is 8.42 Å². The van der Waals surface area contributed by atoms with Gasteiger partial charge in [0, 0.05) is 24.9 Å². The molecule has 0 N–H and O–H groups in total. The van der Waals surface area contributed by atoms with Crippen LogP contribution in [0.3, 0.4) is 0 Å². The Bertz CT molecular complexity index is 317. The van der Waals surface area contributed by atoms with Gasteiger partial charge < -0.3 is 4.90 Å². The van der Waals surface area contributed by atoms with Gasteiger partial charge in [0.05, 0.1) is 5.75 Å². The zero-order valence-electron chi connectivity index (χ0n) is 11.1. The van der Waals surface area contributed by atoms with Crippen molar-refractivity contribution in [3.8, 4) is 0 Å². The molecular formula is C11H24N2O2S2. The summed E-state index contributed by atoms with van der Waals surface area (Å²) >= 11 is 1.87. The summed E-state index contributed by atoms with van der Waals surface area (Å²) in [5.41, 5.74) is 0. The van der Waals surface area contributed by atoms with E-state index in [2.05, 4.69) is 4.90 Å². The Balaban J connectivity index is 2.81. The molecule has 17 heavy (non-hydrogen) atoms. The molecule has 1 aliphatic rings. The molecule has 1 rings (SSSR count). The Labute approximate surface area is 110 Å². The maximum atomic E-state index is 12.2. The highest BCUT2D eigenvalue weighted by Gasteiger charge is 2.30. The molecule has 6 heteroatoms. The highest BCUT2D eigenvalue weighted by Crippen LogP contribution is 2.20. The van der Waals surface area contributed by atoms with Gasteiger partial charge in [-0.1, -0.05) is 6.92 Å². The summed E-state index contributed by atoms with van der Waals surface area (Å²) in [6.45, 7) is 3.43. The van der Waals surface area contributed by atoms with E-state index >= 15 is 0 Å². The molecule has 1 aliphatic heterocycles. The monoisotopic (exact) mass is 280 g/mol. The van der Waals surface area contributed by atoms with E-state index in [1.165, 1.54) is 0 Å². The number of hydrogen-bond acceptors (Lipinski definition) is 4. The molecule has 0 radical (unpaired) electrons. The highest BCUT2D eigenvalue weighted by molar-refractivity contribution is 7.99. The molecule has 0 amide bonds. The van der Waals surface area contributed by atoms with Gasteiger partial charge in [-0.25, -0.2) is 8.42 Å². The molecule has 0 aromatic heterocycles. The lowest BCUT2D eigenvalue weighted by Gasteiger charge is -2.30. The zero-order chi connectivity index (χ0) is 12.9. The van der Waals surface area contributed by atoms with Crippen LogP contribution < -0.4 is 0 Å². The quantitative estimate of drug-likeness (QED) is 0.756. The van der Waals surface area contributed by atoms with Gasteiger partial charge >= 0.3 is 0 Å². The van der Waals surface area contributed by atoms with Crippen molar-refractivity contribution in [3.05, 3.63) is 0 Å². The molecule has 0 spiro atoms. The van der Waals surface area contributed by atoms with Crippen LogP contribution in [0.15, 0.2) is 0 Å². The predicted molar refractivity (Wildman–Crippen MR) is 75.1 cm³/mol. The summed E-state index contributed by atoms with van der Waals surface area (Å²) in [6, 6.07) is 0.133. The average Bonchev–Trinajstić information content (AvgIpc) is 2.42. The maximum Gasteiger partial charge on any atom is 0.214 e. The van der Waals surface area contributed by atoms with E-state index < -0.39 is 10.0 Å². The van der Waals surface area contributed by atoms with Crippen LogP contribution in [0.5, 0.6) is 0 Å². The fraction of sp³-hybridized carbons (Fsp3) is 1.00. The number of rotatable bonds is 5. The lowest BCUT2D eigenvalue weighted by Crippen LogP contribution is -2.47. The fourth-order valence-corrected chi connectivity index (χ4v) is 5.02. The average molecular weight is 280 g/mol. The van der Waals surface area contributed by atoms with E-state index in [1.54, 1.807) is 4.31 Å². The molecule has 102 valence electrons. The summed E-state index contributed by atoms with van der Waals surface area (Å²) < 4.78 is 26.2. The van der Waals surface area contributed by atoms with E-state index in [1.807, 2.05) is 32.8 Å². The lowest BCUT2D eigenvalue weighted by molar-refractivity contribution is 0.271. The molecule has 0 saturated carbocycles. The Morgan fingerprint density at radius 1 is 1.41 bits per heavy atom. The van der Waals surface area contributed by atoms with Gasteiger partial charge in [-0.15, -0.1) is 0 Å². The van der Waals surface area contributed by atoms with Gasteiger partial charge in [0.1, 0.15) is 0 Å². The first kappa shape index (κ1) is 15.3. The summed E-state index contributed by atoms with van der Waals surface area (Å²) in [6.07, 6.45) is 1.66. The predicted octanol–water partition coefficient (Wildman–Crippen LogP) is 1.10. The van der Waals surface area contributed by atoms with E-state index in [-0.39, 0.29) is 11.8 Å². The third-order valence-corrected chi connectivity index (χ3v) is 6.10. The normalized spacial score (nSPS) is 23.9. The minimum Gasteiger partial charge on any atom is -0.308 e. The second kappa shape index (κ2) is 6.97. The smallest absolute Gasteiger partial charge is 0.214 e. The van der Waals surface area contributed by atoms with Crippen molar-refractivity contribution in [1.82, 2.24) is 9.21 Å². The Morgan fingerprint density at radius 2 is 2.12 bits per heavy atom. The molecule has 1 atom stereocenters. The van der Waals surface area contributed by atoms with Gasteiger partial charge in [0.25, 0.3) is 0 Å². The second-order valence-corrected chi connectivity index (χ2v) is 7.96. The molecule has 0 aromatic rings. The van der Waals surface area contributed by atoms with Crippen LogP contribution in [-0.4, -0.2) is 68.1 Å². The molecule has 4 nitrogen and oxygen atoms in total. The molecule has 1 heterocycles. The first-order valence-corrected chi connectivity index (χ1v) is 8.95. The van der Waals surface area contributed by atoms with Gasteiger partial charge in [0.15, 0.2) is 0 Å². The molecule has 0 aliphatic carbocycles. The third-order valence-electron chi connectivity index (χ3n) is 2.78. The minimum absolute atomic E-state index is 0.133. The summed E-state index contributed by atoms with van der Waals surface area (Å²) in [5, 5.41) is 0. The topological polar surface area (TPSA) is 40.6 Å². The third kappa shape index (κ3) is 4.77. The number of likely N-dealkylation sites (N-methyl/N-ethyl adjacent to an activating group) is 1. The molecule has 1 fully saturated rings. The van der Waals surface area contributed by atoms with Crippen LogP contribution in [0.2, 0.25) is 0 Å². The van der Waals surface area contributed by atoms with Crippen LogP contribution >= 0.6 is 11.8 Å². The van der Waals surface area contributed by atoms with Crippen molar-refractivity contribution in [3.63, 3.8) is 0 Å². The van der Waals surface area contributed by atoms with Crippen molar-refractivity contribution in [2.24, 2.45) is 0 Å². The first-order chi connectivity index (χ1) is 7.97. The highest BCUT2D eigenvalue weighted by atomic mass is 32.2. The summed E-state index contributed by atoms with van der Waals surface area (Å²) in [7, 11) is 0.942. The largest absolute Gasteiger partial charge is 0.308 e. The Morgan fingerprint density at radius 3 is 2.71 bits per heavy atom. The molecule has 0 bridgehead atoms. The van der Waals surface area contributed by atoms with Crippen molar-refractivity contribution >= 4 is 21.8 Å². The van der Waals surface area contributed by atoms with Crippen LogP contribution in [0, 0.1) is 0 Å². The van der Waals surface area contributed by atoms with Gasteiger partial charge in [0.2, 0.25) is 10.0 Å². The molecule has 0 aromatic carbocycles. The van der Waals surface area contributed by atoms with E-state index in [4.69, 9.17) is 0 Å². The van der Waals surface area contributed by atoms with E-state index in [0.717, 1.165) is 24.5 Å². The van der Waals surface area contributed by atoms with Crippen LogP contribution in [0.4, 0.5) is 0 Å². The van der Waals surface area contributed by atoms with Crippen LogP contribution in [0.25, 0.3) is 0 Å². The Kier molecular flexibility index (Phi) is 6.26. The van der Waals surface area contributed by atoms with Crippen molar-refractivity contribution in [2.75, 3.05) is 44.4 Å². The molecule has 1 unspecified atom stereocenters. The summed E-state index contributed by atoms with van der Waals surface area (Å²) in [4.78, 5) is 2.07. The lowest BCUT2D eigenvalue weighted by atomic mass is 10.3. The van der Waals surface area contributed by atoms with E-state index in [0.29, 0.717) is 13.0 Å². The van der Waals surface area contributed by atoms with Gasteiger partial charge in [-0.2, -0.15) is 16.1 Å².